The summed E-state index contributed by atoms with van der Waals surface area (Å²) >= 11 is 0. The molecule has 1 aromatic rings. The van der Waals surface area contributed by atoms with Gasteiger partial charge < -0.3 is 10.6 Å². The Balaban J connectivity index is 1.95. The number of benzene rings is 1. The van der Waals surface area contributed by atoms with E-state index in [0.717, 1.165) is 25.9 Å². The topological polar surface area (TPSA) is 81.8 Å². The molecule has 0 radical (unpaired) electrons. The van der Waals surface area contributed by atoms with E-state index in [2.05, 4.69) is 15.5 Å². The summed E-state index contributed by atoms with van der Waals surface area (Å²) in [7, 11) is -1.53. The molecule has 1 aliphatic rings. The van der Waals surface area contributed by atoms with Gasteiger partial charge in [0.2, 0.25) is 15.9 Å². The molecule has 1 aromatic carbocycles. The second-order valence-electron chi connectivity index (χ2n) is 6.52. The molecule has 2 N–H and O–H groups in total. The lowest BCUT2D eigenvalue weighted by molar-refractivity contribution is -0.117. The normalized spacial score (nSPS) is 18.8. The molecule has 0 aromatic heterocycles. The first kappa shape index (κ1) is 20.8. The minimum atomic E-state index is -3.47. The minimum Gasteiger partial charge on any atom is -0.325 e. The highest BCUT2D eigenvalue weighted by Gasteiger charge is 2.22. The number of nitrogens with zero attached hydrogens (tertiary/aromatic N) is 2. The van der Waals surface area contributed by atoms with Crippen molar-refractivity contribution in [1.29, 1.82) is 0 Å². The SMILES string of the molecule is CCN(CC)S(=O)(=O)c1ccc(NC(=O)CN2CCCC(NC)C2)cc1. The van der Waals surface area contributed by atoms with E-state index in [4.69, 9.17) is 0 Å². The molecule has 146 valence electrons. The van der Waals surface area contributed by atoms with Crippen LogP contribution in [0, 0.1) is 0 Å². The van der Waals surface area contributed by atoms with E-state index in [0.29, 0.717) is 31.4 Å². The van der Waals surface area contributed by atoms with Gasteiger partial charge in [-0.3, -0.25) is 9.69 Å². The maximum atomic E-state index is 12.5. The average molecular weight is 383 g/mol. The molecule has 1 saturated heterocycles. The molecule has 0 aliphatic carbocycles. The Bertz CT molecular complexity index is 687. The second kappa shape index (κ2) is 9.45. The minimum absolute atomic E-state index is 0.0823. The van der Waals surface area contributed by atoms with Gasteiger partial charge in [-0.25, -0.2) is 8.42 Å². The summed E-state index contributed by atoms with van der Waals surface area (Å²) in [4.78, 5) is 14.6. The number of hydrogen-bond acceptors (Lipinski definition) is 5. The molecule has 8 heteroatoms. The molecule has 7 nitrogen and oxygen atoms in total. The summed E-state index contributed by atoms with van der Waals surface area (Å²) in [6.07, 6.45) is 2.22. The van der Waals surface area contributed by atoms with Gasteiger partial charge in [0.25, 0.3) is 0 Å². The second-order valence-corrected chi connectivity index (χ2v) is 8.46. The zero-order valence-corrected chi connectivity index (χ0v) is 16.7. The van der Waals surface area contributed by atoms with E-state index >= 15 is 0 Å². The number of nitrogens with one attached hydrogen (secondary N) is 2. The monoisotopic (exact) mass is 382 g/mol. The van der Waals surface area contributed by atoms with Gasteiger partial charge in [-0.15, -0.1) is 0 Å². The van der Waals surface area contributed by atoms with E-state index in [1.807, 2.05) is 20.9 Å². The summed E-state index contributed by atoms with van der Waals surface area (Å²) in [5.74, 6) is -0.0823. The Kier molecular flexibility index (Phi) is 7.57. The van der Waals surface area contributed by atoms with Crippen LogP contribution in [0.2, 0.25) is 0 Å². The predicted molar refractivity (Wildman–Crippen MR) is 104 cm³/mol. The number of likely N-dealkylation sites (tertiary alicyclic amines) is 1. The number of carbonyl (C=O) groups excluding carboxylic acids is 1. The first-order valence-electron chi connectivity index (χ1n) is 9.20. The van der Waals surface area contributed by atoms with Crippen LogP contribution >= 0.6 is 0 Å². The molecule has 1 heterocycles. The Hall–Kier alpha value is -1.48. The van der Waals surface area contributed by atoms with Gasteiger partial charge in [0, 0.05) is 31.4 Å². The molecule has 0 saturated carbocycles. The van der Waals surface area contributed by atoms with Crippen molar-refractivity contribution >= 4 is 21.6 Å². The highest BCUT2D eigenvalue weighted by atomic mass is 32.2. The van der Waals surface area contributed by atoms with Crippen LogP contribution in [0.3, 0.4) is 0 Å². The highest BCUT2D eigenvalue weighted by molar-refractivity contribution is 7.89. The van der Waals surface area contributed by atoms with E-state index in [9.17, 15) is 13.2 Å². The van der Waals surface area contributed by atoms with E-state index < -0.39 is 10.0 Å². The van der Waals surface area contributed by atoms with Crippen LogP contribution in [0.15, 0.2) is 29.2 Å². The van der Waals surface area contributed by atoms with Gasteiger partial charge in [-0.1, -0.05) is 13.8 Å². The molecule has 1 atom stereocenters. The Labute approximate surface area is 156 Å². The van der Waals surface area contributed by atoms with Gasteiger partial charge in [-0.2, -0.15) is 4.31 Å². The number of amides is 1. The zero-order chi connectivity index (χ0) is 19.2. The largest absolute Gasteiger partial charge is 0.325 e. The van der Waals surface area contributed by atoms with Crippen molar-refractivity contribution in [2.75, 3.05) is 45.1 Å². The van der Waals surface area contributed by atoms with Gasteiger partial charge in [-0.05, 0) is 50.7 Å². The molecular weight excluding hydrogens is 352 g/mol. The van der Waals surface area contributed by atoms with Crippen LogP contribution in [0.1, 0.15) is 26.7 Å². The fraction of sp³-hybridized carbons (Fsp3) is 0.611. The molecule has 0 spiro atoms. The third-order valence-electron chi connectivity index (χ3n) is 4.76. The van der Waals surface area contributed by atoms with Gasteiger partial charge in [0.05, 0.1) is 11.4 Å². The fourth-order valence-corrected chi connectivity index (χ4v) is 4.72. The first-order chi connectivity index (χ1) is 12.4. The number of anilines is 1. The van der Waals surface area contributed by atoms with Gasteiger partial charge in [0.15, 0.2) is 0 Å². The molecule has 1 fully saturated rings. The standard InChI is InChI=1S/C18H30N4O3S/c1-4-22(5-2)26(24,25)17-10-8-15(9-11-17)20-18(23)14-21-12-6-7-16(13-21)19-3/h8-11,16,19H,4-7,12-14H2,1-3H3,(H,20,23). The van der Waals surface area contributed by atoms with Crippen LogP contribution in [-0.4, -0.2) is 69.3 Å². The lowest BCUT2D eigenvalue weighted by atomic mass is 10.1. The van der Waals surface area contributed by atoms with Crippen molar-refractivity contribution in [3.8, 4) is 0 Å². The third kappa shape index (κ3) is 5.26. The molecule has 1 unspecified atom stereocenters. The van der Waals surface area contributed by atoms with E-state index in [1.165, 1.54) is 4.31 Å². The predicted octanol–water partition coefficient (Wildman–Crippen LogP) is 1.34. The summed E-state index contributed by atoms with van der Waals surface area (Å²) in [6, 6.07) is 6.80. The summed E-state index contributed by atoms with van der Waals surface area (Å²) in [6.45, 7) is 6.63. The summed E-state index contributed by atoms with van der Waals surface area (Å²) < 4.78 is 26.4. The molecule has 1 amide bonds. The first-order valence-corrected chi connectivity index (χ1v) is 10.6. The van der Waals surface area contributed by atoms with Gasteiger partial charge >= 0.3 is 0 Å². The van der Waals surface area contributed by atoms with Crippen LogP contribution in [0.4, 0.5) is 5.69 Å². The molecule has 1 aliphatic heterocycles. The molecule has 2 rings (SSSR count). The smallest absolute Gasteiger partial charge is 0.243 e. The van der Waals surface area contributed by atoms with Crippen molar-refractivity contribution in [1.82, 2.24) is 14.5 Å². The highest BCUT2D eigenvalue weighted by Crippen LogP contribution is 2.18. The van der Waals surface area contributed by atoms with Crippen molar-refractivity contribution in [3.05, 3.63) is 24.3 Å². The molecular formula is C18H30N4O3S. The average Bonchev–Trinajstić information content (AvgIpc) is 2.63. The van der Waals surface area contributed by atoms with Gasteiger partial charge in [0.1, 0.15) is 0 Å². The quantitative estimate of drug-likeness (QED) is 0.709. The number of rotatable bonds is 8. The number of sulfonamides is 1. The van der Waals surface area contributed by atoms with Crippen LogP contribution in [0.25, 0.3) is 0 Å². The Morgan fingerprint density at radius 2 is 1.88 bits per heavy atom. The third-order valence-corrected chi connectivity index (χ3v) is 6.83. The molecule has 26 heavy (non-hydrogen) atoms. The van der Waals surface area contributed by atoms with Crippen molar-refractivity contribution in [2.24, 2.45) is 0 Å². The fourth-order valence-electron chi connectivity index (χ4n) is 3.26. The van der Waals surface area contributed by atoms with Crippen molar-refractivity contribution in [3.63, 3.8) is 0 Å². The maximum absolute atomic E-state index is 12.5. The zero-order valence-electron chi connectivity index (χ0n) is 15.9. The summed E-state index contributed by atoms with van der Waals surface area (Å²) in [5.41, 5.74) is 0.607. The van der Waals surface area contributed by atoms with E-state index in [1.54, 1.807) is 24.3 Å². The van der Waals surface area contributed by atoms with Crippen LogP contribution in [0.5, 0.6) is 0 Å². The van der Waals surface area contributed by atoms with Crippen LogP contribution < -0.4 is 10.6 Å². The number of carbonyl (C=O) groups is 1. The van der Waals surface area contributed by atoms with Crippen molar-refractivity contribution < 1.29 is 13.2 Å². The lowest BCUT2D eigenvalue weighted by Crippen LogP contribution is -2.46. The lowest BCUT2D eigenvalue weighted by Gasteiger charge is -2.31. The number of hydrogen-bond donors (Lipinski definition) is 2. The number of likely N-dealkylation sites (N-methyl/N-ethyl adjacent to an activating group) is 1. The van der Waals surface area contributed by atoms with E-state index in [-0.39, 0.29) is 10.8 Å². The Morgan fingerprint density at radius 3 is 2.46 bits per heavy atom. The number of piperidine rings is 1. The maximum Gasteiger partial charge on any atom is 0.243 e. The van der Waals surface area contributed by atoms with Crippen molar-refractivity contribution in [2.45, 2.75) is 37.6 Å². The summed E-state index contributed by atoms with van der Waals surface area (Å²) in [5, 5.41) is 6.11. The molecule has 0 bridgehead atoms. The Morgan fingerprint density at radius 1 is 1.23 bits per heavy atom. The van der Waals surface area contributed by atoms with Crippen LogP contribution in [-0.2, 0) is 14.8 Å².